The standard InChI is InChI=1S/C18H16N4O4/c1-11-16(15-8-3-4-9-19-15)17(18(22(25)26)12(2)20-11)13-6-5-7-14(10-13)21(23)24/h3-10,17,20H,1-2H3. The Labute approximate surface area is 149 Å². The molecule has 8 heteroatoms. The first-order chi connectivity index (χ1) is 12.4. The van der Waals surface area contributed by atoms with Gasteiger partial charge >= 0.3 is 0 Å². The molecule has 2 aromatic rings. The van der Waals surface area contributed by atoms with Crippen LogP contribution in [0.5, 0.6) is 0 Å². The molecule has 1 aliphatic rings. The summed E-state index contributed by atoms with van der Waals surface area (Å²) in [6, 6.07) is 11.3. The van der Waals surface area contributed by atoms with E-state index in [0.717, 1.165) is 5.70 Å². The molecule has 0 bridgehead atoms. The van der Waals surface area contributed by atoms with E-state index in [1.165, 1.54) is 18.2 Å². The molecule has 132 valence electrons. The van der Waals surface area contributed by atoms with Crippen molar-refractivity contribution in [1.29, 1.82) is 0 Å². The topological polar surface area (TPSA) is 111 Å². The van der Waals surface area contributed by atoms with Gasteiger partial charge in [-0.3, -0.25) is 25.2 Å². The first kappa shape index (κ1) is 17.3. The number of hydrogen-bond acceptors (Lipinski definition) is 6. The van der Waals surface area contributed by atoms with Crippen LogP contribution >= 0.6 is 0 Å². The van der Waals surface area contributed by atoms with Crippen LogP contribution in [0.2, 0.25) is 0 Å². The summed E-state index contributed by atoms with van der Waals surface area (Å²) in [5.74, 6) is -0.763. The molecule has 26 heavy (non-hydrogen) atoms. The molecular weight excluding hydrogens is 336 g/mol. The molecule has 0 aliphatic carbocycles. The summed E-state index contributed by atoms with van der Waals surface area (Å²) < 4.78 is 0. The van der Waals surface area contributed by atoms with Gasteiger partial charge in [-0.1, -0.05) is 18.2 Å². The summed E-state index contributed by atoms with van der Waals surface area (Å²) >= 11 is 0. The van der Waals surface area contributed by atoms with Crippen molar-refractivity contribution in [3.8, 4) is 0 Å². The third kappa shape index (κ3) is 3.04. The molecule has 0 radical (unpaired) electrons. The Kier molecular flexibility index (Phi) is 4.49. The van der Waals surface area contributed by atoms with Gasteiger partial charge in [0.15, 0.2) is 0 Å². The Morgan fingerprint density at radius 1 is 1.00 bits per heavy atom. The quantitative estimate of drug-likeness (QED) is 0.664. The van der Waals surface area contributed by atoms with Crippen LogP contribution in [0.4, 0.5) is 5.69 Å². The van der Waals surface area contributed by atoms with Crippen molar-refractivity contribution < 1.29 is 9.85 Å². The lowest BCUT2D eigenvalue weighted by Crippen LogP contribution is -2.27. The molecule has 1 atom stereocenters. The molecule has 8 nitrogen and oxygen atoms in total. The van der Waals surface area contributed by atoms with Crippen LogP contribution < -0.4 is 5.32 Å². The normalized spacial score (nSPS) is 17.1. The van der Waals surface area contributed by atoms with E-state index in [2.05, 4.69) is 10.3 Å². The zero-order valence-electron chi connectivity index (χ0n) is 14.2. The van der Waals surface area contributed by atoms with Crippen molar-refractivity contribution in [1.82, 2.24) is 10.3 Å². The van der Waals surface area contributed by atoms with Gasteiger partial charge in [-0.05, 0) is 31.5 Å². The lowest BCUT2D eigenvalue weighted by Gasteiger charge is -2.27. The van der Waals surface area contributed by atoms with Crippen LogP contribution in [0, 0.1) is 20.2 Å². The van der Waals surface area contributed by atoms with E-state index in [4.69, 9.17) is 0 Å². The number of hydrogen-bond donors (Lipinski definition) is 1. The highest BCUT2D eigenvalue weighted by atomic mass is 16.6. The molecule has 1 aliphatic heterocycles. The number of nitrogens with zero attached hydrogens (tertiary/aromatic N) is 3. The summed E-state index contributed by atoms with van der Waals surface area (Å²) in [5, 5.41) is 26.0. The van der Waals surface area contributed by atoms with Crippen LogP contribution in [0.1, 0.15) is 31.0 Å². The van der Waals surface area contributed by atoms with Crippen LogP contribution in [0.3, 0.4) is 0 Å². The van der Waals surface area contributed by atoms with Gasteiger partial charge in [-0.15, -0.1) is 0 Å². The van der Waals surface area contributed by atoms with Crippen molar-refractivity contribution in [2.75, 3.05) is 0 Å². The number of nitrogens with one attached hydrogen (secondary N) is 1. The molecular formula is C18H16N4O4. The smallest absolute Gasteiger partial charge is 0.276 e. The molecule has 0 spiro atoms. The second kappa shape index (κ2) is 6.75. The number of benzene rings is 1. The Bertz CT molecular complexity index is 951. The highest BCUT2D eigenvalue weighted by molar-refractivity contribution is 5.76. The fourth-order valence-corrected chi connectivity index (χ4v) is 3.23. The average Bonchev–Trinajstić information content (AvgIpc) is 2.61. The van der Waals surface area contributed by atoms with E-state index >= 15 is 0 Å². The maximum atomic E-state index is 11.8. The van der Waals surface area contributed by atoms with Crippen molar-refractivity contribution in [3.05, 3.63) is 97.2 Å². The van der Waals surface area contributed by atoms with Gasteiger partial charge in [0.05, 0.1) is 21.2 Å². The van der Waals surface area contributed by atoms with Crippen LogP contribution in [-0.2, 0) is 0 Å². The van der Waals surface area contributed by atoms with Crippen molar-refractivity contribution >= 4 is 11.3 Å². The third-order valence-electron chi connectivity index (χ3n) is 4.28. The number of nitro benzene ring substituents is 1. The van der Waals surface area contributed by atoms with Gasteiger partial charge in [0, 0.05) is 29.6 Å². The van der Waals surface area contributed by atoms with Gasteiger partial charge in [-0.25, -0.2) is 0 Å². The minimum atomic E-state index is -0.763. The molecule has 1 aromatic carbocycles. The van der Waals surface area contributed by atoms with Crippen molar-refractivity contribution in [3.63, 3.8) is 0 Å². The van der Waals surface area contributed by atoms with Crippen LogP contribution in [0.25, 0.3) is 5.57 Å². The Hall–Kier alpha value is -3.55. The molecule has 0 saturated heterocycles. The molecule has 0 amide bonds. The predicted molar refractivity (Wildman–Crippen MR) is 95.5 cm³/mol. The average molecular weight is 352 g/mol. The van der Waals surface area contributed by atoms with E-state index in [1.807, 2.05) is 6.92 Å². The lowest BCUT2D eigenvalue weighted by atomic mass is 9.82. The number of nitro groups is 2. The SMILES string of the molecule is CC1=C(c2ccccn2)C(c2cccc([N+](=O)[O-])c2)C([N+](=O)[O-])=C(C)N1. The fourth-order valence-electron chi connectivity index (χ4n) is 3.23. The summed E-state index contributed by atoms with van der Waals surface area (Å²) in [6.45, 7) is 3.44. The summed E-state index contributed by atoms with van der Waals surface area (Å²) in [6.07, 6.45) is 1.61. The first-order valence-corrected chi connectivity index (χ1v) is 7.89. The van der Waals surface area contributed by atoms with E-state index in [9.17, 15) is 20.2 Å². The Balaban J connectivity index is 2.26. The van der Waals surface area contributed by atoms with Crippen molar-refractivity contribution in [2.45, 2.75) is 19.8 Å². The first-order valence-electron chi connectivity index (χ1n) is 7.89. The fraction of sp³-hybridized carbons (Fsp3) is 0.167. The molecule has 0 fully saturated rings. The molecule has 0 saturated carbocycles. The number of non-ortho nitro benzene ring substituents is 1. The number of pyridine rings is 1. The largest absolute Gasteiger partial charge is 0.357 e. The maximum absolute atomic E-state index is 11.8. The van der Waals surface area contributed by atoms with E-state index < -0.39 is 15.8 Å². The van der Waals surface area contributed by atoms with Gasteiger partial charge in [0.25, 0.3) is 11.4 Å². The number of dihydropyridines is 1. The third-order valence-corrected chi connectivity index (χ3v) is 4.28. The van der Waals surface area contributed by atoms with Crippen LogP contribution in [-0.4, -0.2) is 14.8 Å². The molecule has 3 rings (SSSR count). The molecule has 1 aromatic heterocycles. The minimum Gasteiger partial charge on any atom is -0.357 e. The summed E-state index contributed by atoms with van der Waals surface area (Å²) in [5.41, 5.74) is 2.67. The Morgan fingerprint density at radius 3 is 2.38 bits per heavy atom. The van der Waals surface area contributed by atoms with Crippen molar-refractivity contribution in [2.24, 2.45) is 0 Å². The zero-order valence-corrected chi connectivity index (χ0v) is 14.2. The monoisotopic (exact) mass is 352 g/mol. The predicted octanol–water partition coefficient (Wildman–Crippen LogP) is 3.62. The molecule has 1 N–H and O–H groups in total. The highest BCUT2D eigenvalue weighted by Gasteiger charge is 2.38. The Morgan fingerprint density at radius 2 is 1.77 bits per heavy atom. The highest BCUT2D eigenvalue weighted by Crippen LogP contribution is 2.43. The summed E-state index contributed by atoms with van der Waals surface area (Å²) in [4.78, 5) is 26.3. The van der Waals surface area contributed by atoms with Gasteiger partial charge in [0.2, 0.25) is 0 Å². The molecule has 1 unspecified atom stereocenters. The summed E-state index contributed by atoms with van der Waals surface area (Å²) in [7, 11) is 0. The number of aromatic nitrogens is 1. The second-order valence-corrected chi connectivity index (χ2v) is 5.93. The lowest BCUT2D eigenvalue weighted by molar-refractivity contribution is -0.430. The van der Waals surface area contributed by atoms with Gasteiger partial charge < -0.3 is 5.32 Å². The van der Waals surface area contributed by atoms with E-state index in [-0.39, 0.29) is 11.4 Å². The second-order valence-electron chi connectivity index (χ2n) is 5.93. The molecule has 2 heterocycles. The van der Waals surface area contributed by atoms with E-state index in [1.54, 1.807) is 37.4 Å². The minimum absolute atomic E-state index is 0.0447. The van der Waals surface area contributed by atoms with E-state index in [0.29, 0.717) is 22.5 Å². The van der Waals surface area contributed by atoms with Gasteiger partial charge in [-0.2, -0.15) is 0 Å². The number of rotatable bonds is 4. The van der Waals surface area contributed by atoms with Crippen LogP contribution in [0.15, 0.2) is 65.8 Å². The maximum Gasteiger partial charge on any atom is 0.276 e. The zero-order chi connectivity index (χ0) is 18.8. The number of allylic oxidation sites excluding steroid dienone is 3. The van der Waals surface area contributed by atoms with Gasteiger partial charge in [0.1, 0.15) is 5.92 Å².